The minimum absolute atomic E-state index is 0.0994. The summed E-state index contributed by atoms with van der Waals surface area (Å²) in [7, 11) is 0. The van der Waals surface area contributed by atoms with Gasteiger partial charge in [-0.2, -0.15) is 0 Å². The Balaban J connectivity index is 1.89. The van der Waals surface area contributed by atoms with Gasteiger partial charge in [0.15, 0.2) is 0 Å². The topological polar surface area (TPSA) is 26.3 Å². The van der Waals surface area contributed by atoms with Gasteiger partial charge < -0.3 is 4.74 Å². The van der Waals surface area contributed by atoms with Gasteiger partial charge in [-0.25, -0.2) is 0 Å². The molecule has 0 bridgehead atoms. The van der Waals surface area contributed by atoms with Crippen LogP contribution in [0.1, 0.15) is 50.7 Å². The molecule has 26 heavy (non-hydrogen) atoms. The van der Waals surface area contributed by atoms with Gasteiger partial charge in [-0.1, -0.05) is 52.3 Å². The number of carbonyl (C=O) groups excluding carboxylic acids is 1. The second kappa shape index (κ2) is 6.38. The summed E-state index contributed by atoms with van der Waals surface area (Å²) in [4.78, 5) is 12.8. The summed E-state index contributed by atoms with van der Waals surface area (Å²) >= 11 is 3.74. The minimum Gasteiger partial charge on any atom is -0.459 e. The lowest BCUT2D eigenvalue weighted by Crippen LogP contribution is -2.29. The summed E-state index contributed by atoms with van der Waals surface area (Å²) < 4.78 is 6.80. The van der Waals surface area contributed by atoms with Crippen LogP contribution in [0, 0.1) is 0 Å². The summed E-state index contributed by atoms with van der Waals surface area (Å²) in [5.74, 6) is -0.259. The van der Waals surface area contributed by atoms with Gasteiger partial charge >= 0.3 is 5.97 Å². The first kappa shape index (κ1) is 17.5. The number of hydrogen-bond acceptors (Lipinski definition) is 2. The predicted molar refractivity (Wildman–Crippen MR) is 111 cm³/mol. The number of ether oxygens (including phenoxy) is 1. The van der Waals surface area contributed by atoms with Crippen molar-refractivity contribution in [1.29, 1.82) is 0 Å². The highest BCUT2D eigenvalue weighted by atomic mass is 79.9. The zero-order valence-electron chi connectivity index (χ0n) is 15.4. The first-order valence-electron chi connectivity index (χ1n) is 9.21. The number of aryl methyl sites for hydroxylation is 1. The van der Waals surface area contributed by atoms with E-state index in [9.17, 15) is 4.79 Å². The third kappa shape index (κ3) is 3.03. The lowest BCUT2D eigenvalue weighted by atomic mass is 9.80. The van der Waals surface area contributed by atoms with Crippen molar-refractivity contribution in [2.75, 3.05) is 0 Å². The van der Waals surface area contributed by atoms with Gasteiger partial charge in [0.1, 0.15) is 5.60 Å². The first-order chi connectivity index (χ1) is 12.3. The summed E-state index contributed by atoms with van der Waals surface area (Å²) in [6, 6.07) is 15.0. The third-order valence-corrected chi connectivity index (χ3v) is 5.78. The predicted octanol–water partition coefficient (Wildman–Crippen LogP) is 6.52. The first-order valence-corrected chi connectivity index (χ1v) is 10.00. The fourth-order valence-electron chi connectivity index (χ4n) is 4.07. The molecule has 134 valence electrons. The van der Waals surface area contributed by atoms with Crippen molar-refractivity contribution in [1.82, 2.24) is 0 Å². The van der Waals surface area contributed by atoms with E-state index < -0.39 is 5.60 Å². The van der Waals surface area contributed by atoms with Crippen molar-refractivity contribution in [2.45, 2.75) is 51.6 Å². The number of esters is 1. The van der Waals surface area contributed by atoms with Crippen LogP contribution >= 0.6 is 15.9 Å². The Morgan fingerprint density at radius 3 is 2.46 bits per heavy atom. The molecule has 3 heteroatoms. The van der Waals surface area contributed by atoms with E-state index in [1.807, 2.05) is 20.8 Å². The molecule has 0 spiro atoms. The van der Waals surface area contributed by atoms with Gasteiger partial charge in [-0.3, -0.25) is 4.79 Å². The van der Waals surface area contributed by atoms with E-state index in [0.717, 1.165) is 29.3 Å². The Morgan fingerprint density at radius 2 is 1.73 bits per heavy atom. The maximum absolute atomic E-state index is 12.8. The van der Waals surface area contributed by atoms with Gasteiger partial charge in [0.25, 0.3) is 0 Å². The Morgan fingerprint density at radius 1 is 1.04 bits per heavy atom. The van der Waals surface area contributed by atoms with Gasteiger partial charge in [0, 0.05) is 4.47 Å². The zero-order valence-corrected chi connectivity index (χ0v) is 17.0. The van der Waals surface area contributed by atoms with Gasteiger partial charge in [-0.05, 0) is 78.8 Å². The van der Waals surface area contributed by atoms with E-state index in [1.165, 1.54) is 27.1 Å². The minimum atomic E-state index is -0.454. The summed E-state index contributed by atoms with van der Waals surface area (Å²) in [6.45, 7) is 5.79. The molecular weight excluding hydrogens is 388 g/mol. The SMILES string of the molecule is CC(C)(C)OC(=O)C1CCCc2c1ccc1c2cc(Br)c2ccccc21. The molecule has 0 fully saturated rings. The van der Waals surface area contributed by atoms with Crippen LogP contribution in [0.5, 0.6) is 0 Å². The van der Waals surface area contributed by atoms with E-state index in [1.54, 1.807) is 0 Å². The van der Waals surface area contributed by atoms with Crippen LogP contribution in [-0.4, -0.2) is 11.6 Å². The standard InChI is InChI=1S/C23H23BrO2/c1-23(2,3)26-22(25)19-10-6-9-15-16(19)11-12-17-14-7-4-5-8-18(14)21(24)13-20(15)17/h4-5,7-8,11-13,19H,6,9-10H2,1-3H3. The van der Waals surface area contributed by atoms with Crippen LogP contribution in [0.2, 0.25) is 0 Å². The molecule has 1 atom stereocenters. The van der Waals surface area contributed by atoms with Crippen LogP contribution in [0.15, 0.2) is 46.9 Å². The summed E-state index contributed by atoms with van der Waals surface area (Å²) in [5, 5.41) is 4.98. The van der Waals surface area contributed by atoms with Crippen LogP contribution in [0.25, 0.3) is 21.5 Å². The van der Waals surface area contributed by atoms with Crippen molar-refractivity contribution in [3.05, 3.63) is 58.1 Å². The van der Waals surface area contributed by atoms with E-state index in [4.69, 9.17) is 4.74 Å². The number of fused-ring (bicyclic) bond motifs is 5. The normalized spacial score (nSPS) is 17.3. The van der Waals surface area contributed by atoms with E-state index in [0.29, 0.717) is 0 Å². The average molecular weight is 411 g/mol. The molecular formula is C23H23BrO2. The van der Waals surface area contributed by atoms with Crippen molar-refractivity contribution >= 4 is 43.4 Å². The monoisotopic (exact) mass is 410 g/mol. The molecule has 1 unspecified atom stereocenters. The smallest absolute Gasteiger partial charge is 0.313 e. The molecule has 4 rings (SSSR count). The Bertz CT molecular complexity index is 1010. The lowest BCUT2D eigenvalue weighted by molar-refractivity contribution is -0.157. The van der Waals surface area contributed by atoms with Crippen LogP contribution in [0.3, 0.4) is 0 Å². The van der Waals surface area contributed by atoms with Crippen LogP contribution in [0.4, 0.5) is 0 Å². The average Bonchev–Trinajstić information content (AvgIpc) is 2.60. The molecule has 0 aliphatic heterocycles. The molecule has 0 saturated carbocycles. The molecule has 0 heterocycles. The fraction of sp³-hybridized carbons (Fsp3) is 0.348. The highest BCUT2D eigenvalue weighted by Gasteiger charge is 2.31. The number of benzene rings is 3. The van der Waals surface area contributed by atoms with Crippen LogP contribution in [-0.2, 0) is 16.0 Å². The largest absolute Gasteiger partial charge is 0.459 e. The van der Waals surface area contributed by atoms with E-state index in [2.05, 4.69) is 58.4 Å². The van der Waals surface area contributed by atoms with Crippen molar-refractivity contribution in [2.24, 2.45) is 0 Å². The Kier molecular flexibility index (Phi) is 4.31. The summed E-state index contributed by atoms with van der Waals surface area (Å²) in [6.07, 6.45) is 2.89. The number of rotatable bonds is 1. The molecule has 0 saturated heterocycles. The molecule has 0 radical (unpaired) electrons. The second-order valence-corrected chi connectivity index (χ2v) is 8.97. The lowest BCUT2D eigenvalue weighted by Gasteiger charge is -2.29. The van der Waals surface area contributed by atoms with Crippen LogP contribution < -0.4 is 0 Å². The maximum Gasteiger partial charge on any atom is 0.313 e. The highest BCUT2D eigenvalue weighted by molar-refractivity contribution is 9.10. The van der Waals surface area contributed by atoms with E-state index >= 15 is 0 Å². The number of halogens is 1. The molecule has 3 aromatic carbocycles. The van der Waals surface area contributed by atoms with Crippen molar-refractivity contribution in [3.63, 3.8) is 0 Å². The number of carbonyl (C=O) groups is 1. The molecule has 2 nitrogen and oxygen atoms in total. The van der Waals surface area contributed by atoms with Gasteiger partial charge in [0.05, 0.1) is 5.92 Å². The zero-order chi connectivity index (χ0) is 18.5. The molecule has 0 N–H and O–H groups in total. The van der Waals surface area contributed by atoms with Crippen molar-refractivity contribution < 1.29 is 9.53 Å². The number of hydrogen-bond donors (Lipinski definition) is 0. The van der Waals surface area contributed by atoms with Gasteiger partial charge in [-0.15, -0.1) is 0 Å². The molecule has 0 aromatic heterocycles. The Hall–Kier alpha value is -1.87. The van der Waals surface area contributed by atoms with E-state index in [-0.39, 0.29) is 11.9 Å². The highest BCUT2D eigenvalue weighted by Crippen LogP contribution is 2.41. The Labute approximate surface area is 162 Å². The third-order valence-electron chi connectivity index (χ3n) is 5.13. The molecule has 1 aliphatic rings. The fourth-order valence-corrected chi connectivity index (χ4v) is 4.65. The maximum atomic E-state index is 12.8. The quantitative estimate of drug-likeness (QED) is 0.337. The molecule has 3 aromatic rings. The second-order valence-electron chi connectivity index (χ2n) is 8.11. The van der Waals surface area contributed by atoms with Gasteiger partial charge in [0.2, 0.25) is 0 Å². The van der Waals surface area contributed by atoms with Crippen molar-refractivity contribution in [3.8, 4) is 0 Å². The molecule has 1 aliphatic carbocycles. The molecule has 0 amide bonds. The summed E-state index contributed by atoms with van der Waals surface area (Å²) in [5.41, 5.74) is 1.99.